The Morgan fingerprint density at radius 2 is 1.80 bits per heavy atom. The molecule has 0 amide bonds. The first-order valence-electron chi connectivity index (χ1n) is 11.6. The van der Waals surface area contributed by atoms with Gasteiger partial charge in [-0.2, -0.15) is 22.0 Å². The van der Waals surface area contributed by atoms with Crippen molar-refractivity contribution < 1.29 is 45.1 Å². The number of carbonyl (C=O) groups is 1. The summed E-state index contributed by atoms with van der Waals surface area (Å²) in [6, 6.07) is 8.33. The lowest BCUT2D eigenvalue weighted by Crippen LogP contribution is -2.73. The van der Waals surface area contributed by atoms with Crippen LogP contribution < -0.4 is 10.2 Å². The Bertz CT molecular complexity index is 1440. The fourth-order valence-corrected chi connectivity index (χ4v) is 4.59. The van der Waals surface area contributed by atoms with Crippen LogP contribution in [0.25, 0.3) is 11.5 Å². The number of halogens is 8. The third-order valence-corrected chi connectivity index (χ3v) is 7.04. The summed E-state index contributed by atoms with van der Waals surface area (Å²) < 4.78 is 90.9. The van der Waals surface area contributed by atoms with Gasteiger partial charge in [-0.1, -0.05) is 17.7 Å². The van der Waals surface area contributed by atoms with Gasteiger partial charge in [0.1, 0.15) is 11.6 Å². The molecule has 0 radical (unpaired) electrons. The molecule has 3 aromatic rings. The van der Waals surface area contributed by atoms with E-state index in [-0.39, 0.29) is 34.0 Å². The summed E-state index contributed by atoms with van der Waals surface area (Å²) in [6.07, 6.45) is -8.00. The molecule has 0 saturated carbocycles. The molecule has 2 N–H and O–H groups in total. The van der Waals surface area contributed by atoms with Crippen molar-refractivity contribution in [2.24, 2.45) is 5.41 Å². The van der Waals surface area contributed by atoms with Crippen LogP contribution in [0.4, 0.5) is 36.4 Å². The number of carboxylic acid groups (broad SMARTS) is 1. The van der Waals surface area contributed by atoms with Crippen LogP contribution in [0.3, 0.4) is 0 Å². The molecular weight excluding hydrogens is 607 g/mol. The SMILES string of the molecule is Fc1ccc(N(Cc2ccc(-c3nnc(C(F)F)o3)cc2F)C(=S)N2CC3(CNC3)C2)cc1Cl.O=C(O)C(F)(F)F. The van der Waals surface area contributed by atoms with E-state index in [2.05, 4.69) is 15.5 Å². The maximum absolute atomic E-state index is 15.1. The first kappa shape index (κ1) is 30.5. The largest absolute Gasteiger partial charge is 0.490 e. The van der Waals surface area contributed by atoms with Crippen molar-refractivity contribution in [1.82, 2.24) is 20.4 Å². The molecule has 1 spiro atoms. The number of carboxylic acids is 1. The van der Waals surface area contributed by atoms with E-state index in [1.807, 2.05) is 4.90 Å². The van der Waals surface area contributed by atoms with Gasteiger partial charge in [-0.15, -0.1) is 10.2 Å². The predicted molar refractivity (Wildman–Crippen MR) is 135 cm³/mol. The molecule has 2 aromatic carbocycles. The van der Waals surface area contributed by atoms with E-state index in [1.54, 1.807) is 4.90 Å². The Hall–Kier alpha value is -3.50. The molecule has 0 bridgehead atoms. The summed E-state index contributed by atoms with van der Waals surface area (Å²) in [7, 11) is 0. The van der Waals surface area contributed by atoms with Crippen molar-refractivity contribution in [3.05, 3.63) is 64.5 Å². The fourth-order valence-electron chi connectivity index (χ4n) is 4.11. The number of alkyl halides is 5. The minimum Gasteiger partial charge on any atom is -0.475 e. The number of hydrogen-bond donors (Lipinski definition) is 2. The van der Waals surface area contributed by atoms with E-state index in [9.17, 15) is 26.3 Å². The second kappa shape index (κ2) is 11.8. The van der Waals surface area contributed by atoms with Crippen molar-refractivity contribution in [2.45, 2.75) is 19.1 Å². The number of hydrogen-bond acceptors (Lipinski definition) is 6. The summed E-state index contributed by atoms with van der Waals surface area (Å²) in [5.41, 5.74) is 1.18. The molecule has 1 aromatic heterocycles. The van der Waals surface area contributed by atoms with E-state index >= 15 is 4.39 Å². The molecule has 3 heterocycles. The Kier molecular flexibility index (Phi) is 8.75. The van der Waals surface area contributed by atoms with Gasteiger partial charge >= 0.3 is 18.6 Å². The monoisotopic (exact) mass is 625 g/mol. The standard InChI is InChI=1S/C22H18ClF4N5OS.C2HF3O2/c23-15-6-14(3-4-16(15)24)32(21(34)31-10-22(11-31)8-28-9-22)7-13-2-1-12(5-17(13)25)19-29-30-20(33-19)18(26)27;3-2(4,5)1(6)7/h1-6,18,28H,7-11H2;(H,6,7). The quantitative estimate of drug-likeness (QED) is 0.284. The normalized spacial score (nSPS) is 15.6. The zero-order valence-corrected chi connectivity index (χ0v) is 22.1. The molecule has 0 aliphatic carbocycles. The van der Waals surface area contributed by atoms with Crippen LogP contribution >= 0.6 is 23.8 Å². The van der Waals surface area contributed by atoms with Gasteiger partial charge in [0.2, 0.25) is 5.89 Å². The average molecular weight is 626 g/mol. The second-order valence-corrected chi connectivity index (χ2v) is 10.1. The van der Waals surface area contributed by atoms with Gasteiger partial charge in [0, 0.05) is 48.4 Å². The van der Waals surface area contributed by atoms with Crippen molar-refractivity contribution in [3.63, 3.8) is 0 Å². The first-order chi connectivity index (χ1) is 19.2. The molecule has 2 saturated heterocycles. The third kappa shape index (κ3) is 6.87. The minimum absolute atomic E-state index is 0.0424. The number of aromatic nitrogens is 2. The molecule has 8 nitrogen and oxygen atoms in total. The van der Waals surface area contributed by atoms with Gasteiger partial charge in [0.15, 0.2) is 5.11 Å². The van der Waals surface area contributed by atoms with Crippen molar-refractivity contribution in [1.29, 1.82) is 0 Å². The lowest BCUT2D eigenvalue weighted by atomic mass is 9.75. The highest BCUT2D eigenvalue weighted by atomic mass is 35.5. The van der Waals surface area contributed by atoms with Crippen LogP contribution in [0, 0.1) is 17.0 Å². The maximum atomic E-state index is 15.1. The number of anilines is 1. The number of aliphatic carboxylic acids is 1. The van der Waals surface area contributed by atoms with Crippen molar-refractivity contribution in [3.8, 4) is 11.5 Å². The zero-order valence-electron chi connectivity index (χ0n) is 20.6. The van der Waals surface area contributed by atoms with Crippen molar-refractivity contribution in [2.75, 3.05) is 31.1 Å². The van der Waals surface area contributed by atoms with Gasteiger partial charge in [0.05, 0.1) is 11.6 Å². The smallest absolute Gasteiger partial charge is 0.475 e. The van der Waals surface area contributed by atoms with Crippen LogP contribution in [-0.2, 0) is 11.3 Å². The zero-order chi connectivity index (χ0) is 30.1. The van der Waals surface area contributed by atoms with E-state index in [0.29, 0.717) is 10.8 Å². The topological polar surface area (TPSA) is 94.7 Å². The summed E-state index contributed by atoms with van der Waals surface area (Å²) in [5, 5.41) is 17.6. The van der Waals surface area contributed by atoms with Crippen LogP contribution in [0.15, 0.2) is 40.8 Å². The number of benzene rings is 2. The van der Waals surface area contributed by atoms with E-state index in [4.69, 9.17) is 38.1 Å². The molecule has 5 rings (SSSR count). The minimum atomic E-state index is -5.08. The van der Waals surface area contributed by atoms with Crippen LogP contribution in [0.2, 0.25) is 5.02 Å². The summed E-state index contributed by atoms with van der Waals surface area (Å²) in [6.45, 7) is 3.44. The number of likely N-dealkylation sites (tertiary alicyclic amines) is 1. The summed E-state index contributed by atoms with van der Waals surface area (Å²) in [4.78, 5) is 12.6. The van der Waals surface area contributed by atoms with Crippen LogP contribution in [0.1, 0.15) is 17.9 Å². The summed E-state index contributed by atoms with van der Waals surface area (Å²) >= 11 is 11.7. The molecular formula is C24H19ClF7N5O3S. The van der Waals surface area contributed by atoms with E-state index in [0.717, 1.165) is 32.2 Å². The molecule has 0 unspecified atom stereocenters. The second-order valence-electron chi connectivity index (χ2n) is 9.28. The number of thiocarbonyl (C=S) groups is 1. The van der Waals surface area contributed by atoms with Crippen LogP contribution in [-0.4, -0.2) is 63.6 Å². The lowest BCUT2D eigenvalue weighted by Gasteiger charge is -2.57. The van der Waals surface area contributed by atoms with E-state index in [1.165, 1.54) is 30.3 Å². The molecule has 2 aliphatic rings. The predicted octanol–water partition coefficient (Wildman–Crippen LogP) is 5.44. The molecule has 41 heavy (non-hydrogen) atoms. The maximum Gasteiger partial charge on any atom is 0.490 e. The third-order valence-electron chi connectivity index (χ3n) is 6.27. The highest BCUT2D eigenvalue weighted by Crippen LogP contribution is 2.36. The fraction of sp³-hybridized carbons (Fsp3) is 0.333. The van der Waals surface area contributed by atoms with Gasteiger partial charge in [-0.25, -0.2) is 13.6 Å². The number of nitrogens with zero attached hydrogens (tertiary/aromatic N) is 4. The van der Waals surface area contributed by atoms with Gasteiger partial charge in [0.25, 0.3) is 5.89 Å². The molecule has 0 atom stereocenters. The highest BCUT2D eigenvalue weighted by Gasteiger charge is 2.49. The number of rotatable bonds is 5. The Morgan fingerprint density at radius 1 is 1.15 bits per heavy atom. The highest BCUT2D eigenvalue weighted by molar-refractivity contribution is 7.80. The molecule has 220 valence electrons. The van der Waals surface area contributed by atoms with Gasteiger partial charge in [-0.3, -0.25) is 0 Å². The Labute approximate surface area is 237 Å². The molecule has 2 aliphatic heterocycles. The van der Waals surface area contributed by atoms with Crippen LogP contribution in [0.5, 0.6) is 0 Å². The van der Waals surface area contributed by atoms with Gasteiger partial charge in [-0.05, 0) is 42.5 Å². The van der Waals surface area contributed by atoms with E-state index < -0.39 is 36.1 Å². The molecule has 17 heteroatoms. The van der Waals surface area contributed by atoms with Crippen molar-refractivity contribution >= 4 is 40.6 Å². The van der Waals surface area contributed by atoms with Gasteiger partial charge < -0.3 is 24.6 Å². The number of nitrogens with one attached hydrogen (secondary N) is 1. The average Bonchev–Trinajstić information content (AvgIpc) is 3.34. The Balaban J connectivity index is 0.000000493. The summed E-state index contributed by atoms with van der Waals surface area (Å²) in [5.74, 6) is -4.99. The first-order valence-corrected chi connectivity index (χ1v) is 12.4. The molecule has 2 fully saturated rings. The Morgan fingerprint density at radius 3 is 2.29 bits per heavy atom. The lowest BCUT2D eigenvalue weighted by molar-refractivity contribution is -0.192.